The predicted molar refractivity (Wildman–Crippen MR) is 83.9 cm³/mol. The average molecular weight is 329 g/mol. The summed E-state index contributed by atoms with van der Waals surface area (Å²) in [6.07, 6.45) is 13.0. The Kier molecular flexibility index (Phi) is 18.1. The normalized spacial score (nSPS) is 11.6. The van der Waals surface area contributed by atoms with E-state index in [1.54, 1.807) is 0 Å². The van der Waals surface area contributed by atoms with Crippen LogP contribution in [0.5, 0.6) is 0 Å². The van der Waals surface area contributed by atoms with E-state index in [9.17, 15) is 13.0 Å². The molecule has 0 fully saturated rings. The molecule has 4 nitrogen and oxygen atoms in total. The van der Waals surface area contributed by atoms with Crippen LogP contribution in [0.15, 0.2) is 0 Å². The summed E-state index contributed by atoms with van der Waals surface area (Å²) in [6, 6.07) is 0. The van der Waals surface area contributed by atoms with Gasteiger partial charge in [0.05, 0.1) is 15.9 Å². The summed E-state index contributed by atoms with van der Waals surface area (Å²) in [6.45, 7) is 3.47. The van der Waals surface area contributed by atoms with Crippen molar-refractivity contribution in [2.75, 3.05) is 25.9 Å². The van der Waals surface area contributed by atoms with Crippen molar-refractivity contribution in [2.45, 2.75) is 71.1 Å². The van der Waals surface area contributed by atoms with Gasteiger partial charge in [-0.2, -0.15) is 0 Å². The second kappa shape index (κ2) is 15.8. The zero-order valence-electron chi connectivity index (χ0n) is 14.3. The molecule has 0 rings (SSSR count). The second-order valence-electron chi connectivity index (χ2n) is 5.75. The fourth-order valence-corrected chi connectivity index (χ4v) is 2.78. The van der Waals surface area contributed by atoms with Gasteiger partial charge >= 0.3 is 29.6 Å². The van der Waals surface area contributed by atoms with E-state index in [1.807, 2.05) is 11.9 Å². The van der Waals surface area contributed by atoms with Crippen molar-refractivity contribution in [3.05, 3.63) is 0 Å². The Morgan fingerprint density at radius 1 is 0.810 bits per heavy atom. The molecule has 0 aromatic carbocycles. The van der Waals surface area contributed by atoms with Crippen molar-refractivity contribution < 1.29 is 42.5 Å². The van der Waals surface area contributed by atoms with E-state index in [1.165, 1.54) is 57.8 Å². The van der Waals surface area contributed by atoms with E-state index >= 15 is 0 Å². The van der Waals surface area contributed by atoms with E-state index in [2.05, 4.69) is 6.92 Å². The Morgan fingerprint density at radius 3 is 1.67 bits per heavy atom. The van der Waals surface area contributed by atoms with Crippen LogP contribution in [-0.4, -0.2) is 43.8 Å². The van der Waals surface area contributed by atoms with Gasteiger partial charge in [0.1, 0.15) is 0 Å². The van der Waals surface area contributed by atoms with Gasteiger partial charge in [0.25, 0.3) is 0 Å². The van der Waals surface area contributed by atoms with Crippen molar-refractivity contribution in [3.8, 4) is 0 Å². The predicted octanol–water partition coefficient (Wildman–Crippen LogP) is 0.388. The van der Waals surface area contributed by atoms with Crippen LogP contribution < -0.4 is 29.6 Å². The molecule has 0 aromatic rings. The SMILES string of the molecule is CCCCCCCCCCCCN(C)CCS(=O)(=O)[O-].[Na+]. The van der Waals surface area contributed by atoms with E-state index in [0.29, 0.717) is 6.54 Å². The minimum absolute atomic E-state index is 0. The molecule has 0 bridgehead atoms. The number of nitrogens with zero attached hydrogens (tertiary/aromatic N) is 1. The van der Waals surface area contributed by atoms with Crippen LogP contribution in [0.1, 0.15) is 71.1 Å². The minimum Gasteiger partial charge on any atom is -0.748 e. The Balaban J connectivity index is 0. The first-order chi connectivity index (χ1) is 9.45. The molecule has 0 radical (unpaired) electrons. The molecule has 0 aliphatic carbocycles. The van der Waals surface area contributed by atoms with Crippen molar-refractivity contribution in [3.63, 3.8) is 0 Å². The standard InChI is InChI=1S/C15H33NO3S.Na/c1-3-4-5-6-7-8-9-10-11-12-13-16(2)14-15-20(17,18)19;/h3-15H2,1-2H3,(H,17,18,19);/q;+1/p-1. The van der Waals surface area contributed by atoms with E-state index in [0.717, 1.165) is 13.0 Å². The fourth-order valence-electron chi connectivity index (χ4n) is 2.25. The van der Waals surface area contributed by atoms with Crippen LogP contribution in [0.4, 0.5) is 0 Å². The Morgan fingerprint density at radius 2 is 1.24 bits per heavy atom. The molecule has 0 saturated heterocycles. The van der Waals surface area contributed by atoms with Crippen molar-refractivity contribution in [2.24, 2.45) is 0 Å². The molecular weight excluding hydrogens is 297 g/mol. The van der Waals surface area contributed by atoms with Crippen LogP contribution in [0.25, 0.3) is 0 Å². The number of rotatable bonds is 14. The Labute approximate surface area is 154 Å². The largest absolute Gasteiger partial charge is 1.00 e. The summed E-state index contributed by atoms with van der Waals surface area (Å²) >= 11 is 0. The van der Waals surface area contributed by atoms with Crippen molar-refractivity contribution in [1.82, 2.24) is 4.90 Å². The molecule has 0 aliphatic rings. The summed E-state index contributed by atoms with van der Waals surface area (Å²) < 4.78 is 31.5. The van der Waals surface area contributed by atoms with Crippen LogP contribution in [-0.2, 0) is 10.1 Å². The third-order valence-corrected chi connectivity index (χ3v) is 4.30. The molecule has 0 N–H and O–H groups in total. The molecule has 0 aliphatic heterocycles. The zero-order valence-corrected chi connectivity index (χ0v) is 17.1. The molecule has 0 unspecified atom stereocenters. The molecule has 0 saturated carbocycles. The van der Waals surface area contributed by atoms with Gasteiger partial charge in [-0.05, 0) is 20.0 Å². The summed E-state index contributed by atoms with van der Waals surface area (Å²) in [5.41, 5.74) is 0. The summed E-state index contributed by atoms with van der Waals surface area (Å²) in [5, 5.41) is 0. The molecule has 0 heterocycles. The van der Waals surface area contributed by atoms with Crippen molar-refractivity contribution >= 4 is 10.1 Å². The van der Waals surface area contributed by atoms with Crippen LogP contribution in [0.3, 0.4) is 0 Å². The first-order valence-electron chi connectivity index (χ1n) is 8.08. The fraction of sp³-hybridized carbons (Fsp3) is 1.00. The molecule has 122 valence electrons. The van der Waals surface area contributed by atoms with Gasteiger partial charge < -0.3 is 9.45 Å². The summed E-state index contributed by atoms with van der Waals surface area (Å²) in [7, 11) is -2.19. The molecular formula is C15H32NNaO3S. The maximum Gasteiger partial charge on any atom is 1.00 e. The maximum absolute atomic E-state index is 10.5. The van der Waals surface area contributed by atoms with E-state index in [-0.39, 0.29) is 35.3 Å². The third-order valence-electron chi connectivity index (χ3n) is 3.62. The number of unbranched alkanes of at least 4 members (excludes halogenated alkanes) is 9. The van der Waals surface area contributed by atoms with Crippen molar-refractivity contribution in [1.29, 1.82) is 0 Å². The quantitative estimate of drug-likeness (QED) is 0.263. The first kappa shape index (κ1) is 24.1. The second-order valence-corrected chi connectivity index (χ2v) is 7.27. The van der Waals surface area contributed by atoms with E-state index in [4.69, 9.17) is 0 Å². The first-order valence-corrected chi connectivity index (χ1v) is 9.65. The Bertz CT molecular complexity index is 310. The third kappa shape index (κ3) is 20.9. The average Bonchev–Trinajstić information content (AvgIpc) is 2.38. The molecule has 21 heavy (non-hydrogen) atoms. The minimum atomic E-state index is -4.06. The molecule has 0 spiro atoms. The van der Waals surface area contributed by atoms with Gasteiger partial charge in [-0.15, -0.1) is 0 Å². The van der Waals surface area contributed by atoms with Gasteiger partial charge in [0.2, 0.25) is 0 Å². The zero-order chi connectivity index (χ0) is 15.3. The Hall–Kier alpha value is 0.870. The topological polar surface area (TPSA) is 60.4 Å². The molecule has 0 aromatic heterocycles. The van der Waals surface area contributed by atoms with Gasteiger partial charge in [0, 0.05) is 6.54 Å². The summed E-state index contributed by atoms with van der Waals surface area (Å²) in [4.78, 5) is 1.93. The van der Waals surface area contributed by atoms with Gasteiger partial charge in [-0.1, -0.05) is 64.7 Å². The molecule has 0 atom stereocenters. The molecule has 0 amide bonds. The van der Waals surface area contributed by atoms with Crippen LogP contribution in [0, 0.1) is 0 Å². The monoisotopic (exact) mass is 329 g/mol. The van der Waals surface area contributed by atoms with Gasteiger partial charge in [0.15, 0.2) is 0 Å². The molecule has 6 heteroatoms. The van der Waals surface area contributed by atoms with Crippen LogP contribution in [0.2, 0.25) is 0 Å². The van der Waals surface area contributed by atoms with Crippen LogP contribution >= 0.6 is 0 Å². The smallest absolute Gasteiger partial charge is 0.748 e. The van der Waals surface area contributed by atoms with E-state index < -0.39 is 10.1 Å². The number of hydrogen-bond acceptors (Lipinski definition) is 4. The van der Waals surface area contributed by atoms with Gasteiger partial charge in [-0.3, -0.25) is 0 Å². The maximum atomic E-state index is 10.5. The summed E-state index contributed by atoms with van der Waals surface area (Å²) in [5.74, 6) is -0.277. The van der Waals surface area contributed by atoms with Gasteiger partial charge in [-0.25, -0.2) is 8.42 Å². The number of hydrogen-bond donors (Lipinski definition) is 0.